The molecule has 0 aliphatic rings. The lowest BCUT2D eigenvalue weighted by molar-refractivity contribution is 0.291. The summed E-state index contributed by atoms with van der Waals surface area (Å²) in [5, 5.41) is 4.51. The van der Waals surface area contributed by atoms with E-state index in [0.717, 1.165) is 34.2 Å². The smallest absolute Gasteiger partial charge is 0.161 e. The van der Waals surface area contributed by atoms with Gasteiger partial charge in [0.1, 0.15) is 0 Å². The minimum absolute atomic E-state index is 0.558. The summed E-state index contributed by atoms with van der Waals surface area (Å²) < 4.78 is 24.0. The van der Waals surface area contributed by atoms with Crippen LogP contribution in [0.1, 0.15) is 6.42 Å². The quantitative estimate of drug-likeness (QED) is 0.394. The highest BCUT2D eigenvalue weighted by Gasteiger charge is 2.13. The van der Waals surface area contributed by atoms with Gasteiger partial charge in [0.05, 0.1) is 39.6 Å². The van der Waals surface area contributed by atoms with Gasteiger partial charge in [0, 0.05) is 11.8 Å². The molecule has 7 heteroatoms. The molecule has 32 heavy (non-hydrogen) atoms. The van der Waals surface area contributed by atoms with Crippen molar-refractivity contribution >= 4 is 5.52 Å². The van der Waals surface area contributed by atoms with Crippen molar-refractivity contribution in [1.29, 1.82) is 0 Å². The summed E-state index contributed by atoms with van der Waals surface area (Å²) in [5.74, 6) is 2.76. The molecule has 2 N–H and O–H groups in total. The molecule has 0 saturated heterocycles. The van der Waals surface area contributed by atoms with Crippen LogP contribution in [0.25, 0.3) is 27.8 Å². The molecule has 2 aromatic heterocycles. The van der Waals surface area contributed by atoms with Crippen LogP contribution >= 0.6 is 0 Å². The first-order valence-corrected chi connectivity index (χ1v) is 10.4. The van der Waals surface area contributed by atoms with Crippen LogP contribution in [0.5, 0.6) is 23.0 Å². The lowest BCUT2D eigenvalue weighted by Crippen LogP contribution is -2.06. The molecule has 0 spiro atoms. The molecule has 0 fully saturated rings. The fourth-order valence-electron chi connectivity index (χ4n) is 3.62. The summed E-state index contributed by atoms with van der Waals surface area (Å²) in [5.41, 5.74) is 10.6. The van der Waals surface area contributed by atoms with Crippen LogP contribution in [0, 0.1) is 0 Å². The van der Waals surface area contributed by atoms with E-state index in [4.69, 9.17) is 24.7 Å². The molecule has 7 nitrogen and oxygen atoms in total. The van der Waals surface area contributed by atoms with Crippen molar-refractivity contribution in [3.8, 4) is 45.3 Å². The molecule has 0 aliphatic heterocycles. The Hall–Kier alpha value is -3.71. The van der Waals surface area contributed by atoms with Gasteiger partial charge in [-0.05, 0) is 66.1 Å². The van der Waals surface area contributed by atoms with E-state index in [0.29, 0.717) is 36.1 Å². The molecule has 0 radical (unpaired) electrons. The highest BCUT2D eigenvalue weighted by atomic mass is 16.5. The Kier molecular flexibility index (Phi) is 6.47. The van der Waals surface area contributed by atoms with Crippen LogP contribution in [0.15, 0.2) is 60.9 Å². The van der Waals surface area contributed by atoms with Crippen LogP contribution in [0.2, 0.25) is 0 Å². The fourth-order valence-corrected chi connectivity index (χ4v) is 3.62. The zero-order chi connectivity index (χ0) is 22.5. The van der Waals surface area contributed by atoms with Gasteiger partial charge in [-0.3, -0.25) is 0 Å². The molecule has 166 valence electrons. The van der Waals surface area contributed by atoms with E-state index < -0.39 is 0 Å². The topological polar surface area (TPSA) is 80.2 Å². The summed E-state index contributed by atoms with van der Waals surface area (Å²) >= 11 is 0. The maximum Gasteiger partial charge on any atom is 0.161 e. The third-order valence-electron chi connectivity index (χ3n) is 5.32. The Morgan fingerprint density at radius 3 is 2.19 bits per heavy atom. The SMILES string of the molecule is COc1ccc(-c2cnn3ccc(-c4ccc(OCCCN)c(OC)c4)cc23)cc1OC. The summed E-state index contributed by atoms with van der Waals surface area (Å²) in [6, 6.07) is 15.9. The zero-order valence-electron chi connectivity index (χ0n) is 18.5. The Bertz CT molecular complexity index is 1220. The standard InChI is InChI=1S/C25H27N3O4/c1-29-22-7-6-19(15-24(22)30-2)20-16-27-28-11-9-18(13-21(20)28)17-5-8-23(25(14-17)31-3)32-12-4-10-26/h5-9,11,13-16H,4,10,12,26H2,1-3H3. The molecular weight excluding hydrogens is 406 g/mol. The second-order valence-corrected chi connectivity index (χ2v) is 7.23. The van der Waals surface area contributed by atoms with Crippen molar-refractivity contribution in [2.75, 3.05) is 34.5 Å². The molecule has 0 unspecified atom stereocenters. The average molecular weight is 434 g/mol. The molecule has 0 atom stereocenters. The number of hydrogen-bond donors (Lipinski definition) is 1. The van der Waals surface area contributed by atoms with E-state index >= 15 is 0 Å². The number of methoxy groups -OCH3 is 3. The molecule has 4 rings (SSSR count). The van der Waals surface area contributed by atoms with Crippen molar-refractivity contribution in [3.63, 3.8) is 0 Å². The predicted molar refractivity (Wildman–Crippen MR) is 125 cm³/mol. The van der Waals surface area contributed by atoms with E-state index in [9.17, 15) is 0 Å². The average Bonchev–Trinajstić information content (AvgIpc) is 3.27. The Labute approximate surface area is 187 Å². The highest BCUT2D eigenvalue weighted by molar-refractivity contribution is 5.84. The van der Waals surface area contributed by atoms with Gasteiger partial charge >= 0.3 is 0 Å². The van der Waals surface area contributed by atoms with Crippen molar-refractivity contribution in [1.82, 2.24) is 9.61 Å². The zero-order valence-corrected chi connectivity index (χ0v) is 18.5. The molecule has 0 amide bonds. The summed E-state index contributed by atoms with van der Waals surface area (Å²) in [4.78, 5) is 0. The summed E-state index contributed by atoms with van der Waals surface area (Å²) in [7, 11) is 4.90. The summed E-state index contributed by atoms with van der Waals surface area (Å²) in [6.07, 6.45) is 4.60. The first-order valence-electron chi connectivity index (χ1n) is 10.4. The largest absolute Gasteiger partial charge is 0.493 e. The Morgan fingerprint density at radius 2 is 1.44 bits per heavy atom. The van der Waals surface area contributed by atoms with Crippen molar-refractivity contribution in [2.45, 2.75) is 6.42 Å². The molecule has 0 aliphatic carbocycles. The van der Waals surface area contributed by atoms with Crippen LogP contribution in [-0.2, 0) is 0 Å². The minimum Gasteiger partial charge on any atom is -0.493 e. The van der Waals surface area contributed by atoms with E-state index in [1.54, 1.807) is 21.3 Å². The molecule has 2 heterocycles. The first kappa shape index (κ1) is 21.5. The second kappa shape index (κ2) is 9.62. The third-order valence-corrected chi connectivity index (χ3v) is 5.32. The Balaban J connectivity index is 1.72. The second-order valence-electron chi connectivity index (χ2n) is 7.23. The molecule has 2 aromatic carbocycles. The van der Waals surface area contributed by atoms with E-state index in [-0.39, 0.29) is 0 Å². The van der Waals surface area contributed by atoms with Crippen molar-refractivity contribution < 1.29 is 18.9 Å². The number of ether oxygens (including phenoxy) is 4. The van der Waals surface area contributed by atoms with Gasteiger partial charge in [-0.2, -0.15) is 5.10 Å². The summed E-state index contributed by atoms with van der Waals surface area (Å²) in [6.45, 7) is 1.15. The number of nitrogens with two attached hydrogens (primary N) is 1. The van der Waals surface area contributed by atoms with E-state index in [1.165, 1.54) is 0 Å². The third kappa shape index (κ3) is 4.20. The molecular formula is C25H27N3O4. The minimum atomic E-state index is 0.558. The van der Waals surface area contributed by atoms with Crippen LogP contribution in [0.4, 0.5) is 0 Å². The monoisotopic (exact) mass is 433 g/mol. The van der Waals surface area contributed by atoms with Gasteiger partial charge in [0.2, 0.25) is 0 Å². The van der Waals surface area contributed by atoms with Gasteiger partial charge in [-0.1, -0.05) is 12.1 Å². The van der Waals surface area contributed by atoms with Crippen LogP contribution in [0.3, 0.4) is 0 Å². The van der Waals surface area contributed by atoms with Gasteiger partial charge in [-0.25, -0.2) is 4.52 Å². The van der Waals surface area contributed by atoms with E-state index in [1.807, 2.05) is 59.4 Å². The number of hydrogen-bond acceptors (Lipinski definition) is 6. The highest BCUT2D eigenvalue weighted by Crippen LogP contribution is 2.36. The van der Waals surface area contributed by atoms with Crippen LogP contribution in [-0.4, -0.2) is 44.1 Å². The van der Waals surface area contributed by atoms with Crippen LogP contribution < -0.4 is 24.7 Å². The number of pyridine rings is 1. The molecule has 0 bridgehead atoms. The van der Waals surface area contributed by atoms with E-state index in [2.05, 4.69) is 11.2 Å². The van der Waals surface area contributed by atoms with Gasteiger partial charge in [0.15, 0.2) is 23.0 Å². The number of fused-ring (bicyclic) bond motifs is 1. The maximum atomic E-state index is 5.79. The molecule has 4 aromatic rings. The number of nitrogens with zero attached hydrogens (tertiary/aromatic N) is 2. The van der Waals surface area contributed by atoms with Crippen molar-refractivity contribution in [2.24, 2.45) is 5.73 Å². The lowest BCUT2D eigenvalue weighted by Gasteiger charge is -2.12. The van der Waals surface area contributed by atoms with Gasteiger partial charge in [0.25, 0.3) is 0 Å². The molecule has 0 saturated carbocycles. The maximum absolute atomic E-state index is 5.79. The van der Waals surface area contributed by atoms with Gasteiger partial charge < -0.3 is 24.7 Å². The lowest BCUT2D eigenvalue weighted by atomic mass is 10.0. The first-order chi connectivity index (χ1) is 15.7. The van der Waals surface area contributed by atoms with Crippen molar-refractivity contribution in [3.05, 3.63) is 60.9 Å². The number of benzene rings is 2. The number of rotatable bonds is 9. The normalized spacial score (nSPS) is 10.9. The number of aromatic nitrogens is 2. The fraction of sp³-hybridized carbons (Fsp3) is 0.240. The predicted octanol–water partition coefficient (Wildman–Crippen LogP) is 4.42. The van der Waals surface area contributed by atoms with Gasteiger partial charge in [-0.15, -0.1) is 0 Å². The Morgan fingerprint density at radius 1 is 0.781 bits per heavy atom.